The number of carbonyl (C=O) groups excluding carboxylic acids is 4. The van der Waals surface area contributed by atoms with Crippen LogP contribution in [0.2, 0.25) is 0 Å². The van der Waals surface area contributed by atoms with Gasteiger partial charge in [-0.3, -0.25) is 4.79 Å². The Morgan fingerprint density at radius 3 is 1.42 bits per heavy atom. The summed E-state index contributed by atoms with van der Waals surface area (Å²) in [5.74, 6) is -2.47. The van der Waals surface area contributed by atoms with Crippen LogP contribution in [-0.2, 0) is 28.5 Å². The van der Waals surface area contributed by atoms with Crippen molar-refractivity contribution in [2.45, 2.75) is 224 Å². The predicted molar refractivity (Wildman–Crippen MR) is 287 cm³/mol. The molecule has 0 spiro atoms. The first-order chi connectivity index (χ1) is 35.7. The summed E-state index contributed by atoms with van der Waals surface area (Å²) in [6.07, 6.45) is 24.7. The number of rotatable bonds is 39. The van der Waals surface area contributed by atoms with Crippen LogP contribution in [0.15, 0.2) is 103 Å². The molecule has 1 aliphatic heterocycles. The molecule has 1 aliphatic rings. The standard InChI is InChI=1S/C61H89NO11/c1-3-5-7-9-11-13-15-17-19-21-23-25-36-44-52(70-58(66)48-38-30-27-31-39-48)51(62-54(64)45-37-26-24-22-20-18-16-14-12-10-8-6-4-2)47-69-61-57(73-60(68)50-42-34-29-35-43-50)56(55(65)53(46-63)71-61)72-59(67)49-40-32-28-33-41-49/h27-36,38-44,51-53,55-57,61,63,65H,3-26,37,45-47H2,1-2H3,(H,62,64)/t51-,52+,53+,55-,56-,57+,61-/m0/s1. The monoisotopic (exact) mass is 1010 g/mol. The Labute approximate surface area is 437 Å². The number of aliphatic hydroxyl groups excluding tert-OH is 2. The quantitative estimate of drug-likeness (QED) is 0.0215. The molecule has 0 saturated carbocycles. The van der Waals surface area contributed by atoms with Gasteiger partial charge in [-0.25, -0.2) is 14.4 Å². The van der Waals surface area contributed by atoms with E-state index in [-0.39, 0.29) is 30.1 Å². The molecule has 1 amide bonds. The largest absolute Gasteiger partial charge is 0.452 e. The Morgan fingerprint density at radius 1 is 0.562 bits per heavy atom. The molecule has 7 atom stereocenters. The third kappa shape index (κ3) is 24.3. The number of aliphatic hydroxyl groups is 2. The second-order valence-corrected chi connectivity index (χ2v) is 19.7. The van der Waals surface area contributed by atoms with Crippen LogP contribution in [0.1, 0.15) is 212 Å². The van der Waals surface area contributed by atoms with E-state index < -0.39 is 67.4 Å². The van der Waals surface area contributed by atoms with Crippen molar-refractivity contribution in [3.8, 4) is 0 Å². The molecule has 3 aromatic carbocycles. The summed E-state index contributed by atoms with van der Waals surface area (Å²) in [5, 5.41) is 25.1. The number of hydrogen-bond acceptors (Lipinski definition) is 11. The van der Waals surface area contributed by atoms with Crippen LogP contribution in [0.5, 0.6) is 0 Å². The lowest BCUT2D eigenvalue weighted by molar-refractivity contribution is -0.300. The third-order valence-corrected chi connectivity index (χ3v) is 13.5. The van der Waals surface area contributed by atoms with Gasteiger partial charge in [0.2, 0.25) is 5.91 Å². The summed E-state index contributed by atoms with van der Waals surface area (Å²) < 4.78 is 30.6. The number of hydrogen-bond donors (Lipinski definition) is 3. The van der Waals surface area contributed by atoms with E-state index in [1.165, 1.54) is 109 Å². The Bertz CT molecular complexity index is 1950. The molecule has 404 valence electrons. The highest BCUT2D eigenvalue weighted by Gasteiger charge is 2.51. The maximum absolute atomic E-state index is 13.9. The Hall–Kier alpha value is -4.88. The molecule has 1 saturated heterocycles. The normalized spacial score (nSPS) is 18.5. The fourth-order valence-electron chi connectivity index (χ4n) is 9.14. The van der Waals surface area contributed by atoms with Gasteiger partial charge in [0, 0.05) is 6.42 Å². The SMILES string of the molecule is CCCCCCCCCCCCCC=C[C@@H](OC(=O)c1ccccc1)[C@H](CO[C@H]1O[C@H](CO)[C@H](O)[C@H](OC(=O)c2ccccc2)[C@H]1OC(=O)c1ccccc1)NC(=O)CCCCCCCCCCCCCCC. The summed E-state index contributed by atoms with van der Waals surface area (Å²) in [4.78, 5) is 54.9. The third-order valence-electron chi connectivity index (χ3n) is 13.5. The van der Waals surface area contributed by atoms with Crippen molar-refractivity contribution in [2.24, 2.45) is 0 Å². The van der Waals surface area contributed by atoms with Gasteiger partial charge in [0.1, 0.15) is 18.3 Å². The molecule has 0 unspecified atom stereocenters. The molecular weight excluding hydrogens is 923 g/mol. The van der Waals surface area contributed by atoms with E-state index in [1.807, 2.05) is 6.08 Å². The molecule has 1 fully saturated rings. The molecule has 0 radical (unpaired) electrons. The molecule has 0 bridgehead atoms. The Kier molecular flexibility index (Phi) is 31.4. The van der Waals surface area contributed by atoms with Gasteiger partial charge in [0.15, 0.2) is 18.5 Å². The molecule has 3 aromatic rings. The minimum absolute atomic E-state index is 0.182. The van der Waals surface area contributed by atoms with Gasteiger partial charge in [0.05, 0.1) is 35.9 Å². The van der Waals surface area contributed by atoms with Gasteiger partial charge in [0.25, 0.3) is 0 Å². The van der Waals surface area contributed by atoms with Crippen LogP contribution in [0.3, 0.4) is 0 Å². The summed E-state index contributed by atoms with van der Waals surface area (Å²) in [6, 6.07) is 24.0. The summed E-state index contributed by atoms with van der Waals surface area (Å²) in [6.45, 7) is 3.45. The average molecular weight is 1010 g/mol. The van der Waals surface area contributed by atoms with E-state index in [1.54, 1.807) is 97.1 Å². The zero-order valence-electron chi connectivity index (χ0n) is 44.2. The van der Waals surface area contributed by atoms with Gasteiger partial charge in [-0.15, -0.1) is 0 Å². The van der Waals surface area contributed by atoms with Gasteiger partial charge >= 0.3 is 17.9 Å². The first kappa shape index (κ1) is 60.7. The number of esters is 3. The van der Waals surface area contributed by atoms with E-state index in [0.29, 0.717) is 12.0 Å². The van der Waals surface area contributed by atoms with Crippen LogP contribution in [0.25, 0.3) is 0 Å². The molecule has 3 N–H and O–H groups in total. The number of ether oxygens (including phenoxy) is 5. The molecule has 73 heavy (non-hydrogen) atoms. The number of nitrogens with one attached hydrogen (secondary N) is 1. The fraction of sp³-hybridized carbons (Fsp3) is 0.607. The van der Waals surface area contributed by atoms with Crippen LogP contribution in [0.4, 0.5) is 0 Å². The zero-order chi connectivity index (χ0) is 52.1. The van der Waals surface area contributed by atoms with E-state index in [0.717, 1.165) is 44.9 Å². The molecule has 4 rings (SSSR count). The predicted octanol–water partition coefficient (Wildman–Crippen LogP) is 13.0. The first-order valence-electron chi connectivity index (χ1n) is 28.1. The zero-order valence-corrected chi connectivity index (χ0v) is 44.2. The van der Waals surface area contributed by atoms with Crippen molar-refractivity contribution >= 4 is 23.8 Å². The topological polar surface area (TPSA) is 167 Å². The lowest BCUT2D eigenvalue weighted by Crippen LogP contribution is -2.62. The van der Waals surface area contributed by atoms with Crippen molar-refractivity contribution < 1.29 is 53.1 Å². The maximum Gasteiger partial charge on any atom is 0.338 e. The van der Waals surface area contributed by atoms with Crippen molar-refractivity contribution in [1.82, 2.24) is 5.32 Å². The average Bonchev–Trinajstić information content (AvgIpc) is 3.41. The number of benzene rings is 3. The van der Waals surface area contributed by atoms with Crippen molar-refractivity contribution in [3.63, 3.8) is 0 Å². The maximum atomic E-state index is 13.9. The Balaban J connectivity index is 1.52. The lowest BCUT2D eigenvalue weighted by atomic mass is 9.98. The highest BCUT2D eigenvalue weighted by Crippen LogP contribution is 2.29. The molecule has 12 nitrogen and oxygen atoms in total. The minimum Gasteiger partial charge on any atom is -0.452 e. The molecule has 0 aliphatic carbocycles. The molecular formula is C61H89NO11. The van der Waals surface area contributed by atoms with Crippen LogP contribution in [-0.4, -0.2) is 90.1 Å². The van der Waals surface area contributed by atoms with Crippen LogP contribution in [0, 0.1) is 0 Å². The van der Waals surface area contributed by atoms with Crippen molar-refractivity contribution in [1.29, 1.82) is 0 Å². The van der Waals surface area contributed by atoms with Gasteiger partial charge < -0.3 is 39.2 Å². The molecule has 0 aromatic heterocycles. The van der Waals surface area contributed by atoms with E-state index in [4.69, 9.17) is 23.7 Å². The smallest absolute Gasteiger partial charge is 0.338 e. The van der Waals surface area contributed by atoms with Crippen molar-refractivity contribution in [3.05, 3.63) is 120 Å². The van der Waals surface area contributed by atoms with E-state index >= 15 is 0 Å². The Morgan fingerprint density at radius 2 is 0.973 bits per heavy atom. The van der Waals surface area contributed by atoms with E-state index in [9.17, 15) is 29.4 Å². The molecule has 1 heterocycles. The highest BCUT2D eigenvalue weighted by atomic mass is 16.7. The summed E-state index contributed by atoms with van der Waals surface area (Å²) in [5.41, 5.74) is 0.694. The van der Waals surface area contributed by atoms with Crippen LogP contribution >= 0.6 is 0 Å². The number of carbonyl (C=O) groups is 4. The lowest BCUT2D eigenvalue weighted by Gasteiger charge is -2.43. The van der Waals surface area contributed by atoms with Gasteiger partial charge in [-0.05, 0) is 61.7 Å². The molecule has 12 heteroatoms. The van der Waals surface area contributed by atoms with Gasteiger partial charge in [-0.1, -0.05) is 216 Å². The highest BCUT2D eigenvalue weighted by molar-refractivity contribution is 5.91. The van der Waals surface area contributed by atoms with Gasteiger partial charge in [-0.2, -0.15) is 0 Å². The van der Waals surface area contributed by atoms with E-state index in [2.05, 4.69) is 19.2 Å². The summed E-state index contributed by atoms with van der Waals surface area (Å²) >= 11 is 0. The minimum atomic E-state index is -1.64. The second-order valence-electron chi connectivity index (χ2n) is 19.7. The second kappa shape index (κ2) is 37.8. The fourth-order valence-corrected chi connectivity index (χ4v) is 9.14. The van der Waals surface area contributed by atoms with Crippen LogP contribution < -0.4 is 5.32 Å². The number of amides is 1. The first-order valence-corrected chi connectivity index (χ1v) is 28.1. The van der Waals surface area contributed by atoms with Crippen molar-refractivity contribution in [2.75, 3.05) is 13.2 Å². The summed E-state index contributed by atoms with van der Waals surface area (Å²) in [7, 11) is 0. The number of unbranched alkanes of at least 4 members (excludes halogenated alkanes) is 23. The number of allylic oxidation sites excluding steroid dienone is 1.